The average molecular weight is 523 g/mol. The Balaban J connectivity index is 1.21. The van der Waals surface area contributed by atoms with Crippen LogP contribution in [0.5, 0.6) is 0 Å². The molecular formula is C34H39FN4. The predicted molar refractivity (Wildman–Crippen MR) is 149 cm³/mol. The molecule has 5 heteroatoms. The van der Waals surface area contributed by atoms with E-state index < -0.39 is 0 Å². The summed E-state index contributed by atoms with van der Waals surface area (Å²) in [5.41, 5.74) is 5.36. The summed E-state index contributed by atoms with van der Waals surface area (Å²) in [5, 5.41) is 4.55. The Morgan fingerprint density at radius 2 is 1.13 bits per heavy atom. The molecule has 1 aromatic carbocycles. The zero-order valence-corrected chi connectivity index (χ0v) is 23.1. The van der Waals surface area contributed by atoms with Crippen LogP contribution in [0.2, 0.25) is 0 Å². The molecule has 4 nitrogen and oxygen atoms in total. The van der Waals surface area contributed by atoms with Crippen molar-refractivity contribution >= 4 is 0 Å². The van der Waals surface area contributed by atoms with Gasteiger partial charge in [0.2, 0.25) is 0 Å². The van der Waals surface area contributed by atoms with Crippen molar-refractivity contribution in [3.63, 3.8) is 0 Å². The van der Waals surface area contributed by atoms with Crippen LogP contribution in [-0.2, 0) is 17.9 Å². The molecule has 8 saturated carbocycles. The molecule has 8 aliphatic rings. The summed E-state index contributed by atoms with van der Waals surface area (Å²) in [6, 6.07) is 9.74. The number of hydrogen-bond donors (Lipinski definition) is 0. The lowest BCUT2D eigenvalue weighted by Crippen LogP contribution is -2.50. The van der Waals surface area contributed by atoms with Crippen molar-refractivity contribution in [2.24, 2.45) is 42.6 Å². The van der Waals surface area contributed by atoms with Crippen molar-refractivity contribution in [3.05, 3.63) is 53.7 Å². The van der Waals surface area contributed by atoms with E-state index in [-0.39, 0.29) is 16.6 Å². The van der Waals surface area contributed by atoms with Gasteiger partial charge in [0, 0.05) is 35.2 Å². The highest BCUT2D eigenvalue weighted by Gasteiger charge is 2.55. The molecule has 2 heterocycles. The molecule has 0 amide bonds. The van der Waals surface area contributed by atoms with Crippen LogP contribution < -0.4 is 0 Å². The van der Waals surface area contributed by atoms with E-state index in [4.69, 9.17) is 9.97 Å². The maximum atomic E-state index is 15.1. The molecular weight excluding hydrogens is 483 g/mol. The lowest BCUT2D eigenvalue weighted by Gasteiger charge is -2.58. The predicted octanol–water partition coefficient (Wildman–Crippen LogP) is 7.62. The van der Waals surface area contributed by atoms with Gasteiger partial charge < -0.3 is 0 Å². The largest absolute Gasteiger partial charge is 0.275 e. The first-order valence-corrected chi connectivity index (χ1v) is 15.6. The van der Waals surface area contributed by atoms with E-state index in [0.717, 1.165) is 58.2 Å². The third kappa shape index (κ3) is 3.63. The van der Waals surface area contributed by atoms with Gasteiger partial charge in [0.25, 0.3) is 0 Å². The Kier molecular flexibility index (Phi) is 4.76. The Morgan fingerprint density at radius 3 is 1.56 bits per heavy atom. The number of halogens is 1. The fourth-order valence-corrected chi connectivity index (χ4v) is 11.4. The second-order valence-corrected chi connectivity index (χ2v) is 15.0. The highest BCUT2D eigenvalue weighted by molar-refractivity contribution is 5.68. The number of rotatable bonds is 4. The van der Waals surface area contributed by atoms with Crippen LogP contribution in [0.3, 0.4) is 0 Å². The summed E-state index contributed by atoms with van der Waals surface area (Å²) in [6.07, 6.45) is 18.2. The van der Waals surface area contributed by atoms with E-state index in [9.17, 15) is 0 Å². The summed E-state index contributed by atoms with van der Waals surface area (Å²) >= 11 is 0. The first-order chi connectivity index (χ1) is 18.9. The number of hydrogen-bond acceptors (Lipinski definition) is 3. The van der Waals surface area contributed by atoms with Crippen LogP contribution in [-0.4, -0.2) is 19.7 Å². The maximum absolute atomic E-state index is 15.1. The second kappa shape index (κ2) is 8.01. The fourth-order valence-electron chi connectivity index (χ4n) is 11.4. The van der Waals surface area contributed by atoms with Crippen molar-refractivity contribution < 1.29 is 4.39 Å². The molecule has 11 rings (SSSR count). The molecule has 8 fully saturated rings. The van der Waals surface area contributed by atoms with E-state index in [1.165, 1.54) is 88.4 Å². The molecule has 8 bridgehead atoms. The van der Waals surface area contributed by atoms with Crippen LogP contribution in [0.15, 0.2) is 36.5 Å². The minimum atomic E-state index is -0.242. The van der Waals surface area contributed by atoms with E-state index >= 15 is 4.39 Å². The fraction of sp³-hybridized carbons (Fsp3) is 0.618. The van der Waals surface area contributed by atoms with Crippen LogP contribution in [0.4, 0.5) is 4.39 Å². The number of aromatic nitrogens is 4. The topological polar surface area (TPSA) is 43.6 Å². The highest BCUT2D eigenvalue weighted by atomic mass is 19.1. The quantitative estimate of drug-likeness (QED) is 0.354. The molecule has 3 aromatic rings. The molecule has 0 saturated heterocycles. The normalized spacial score (nSPS) is 39.5. The van der Waals surface area contributed by atoms with Crippen LogP contribution in [0, 0.1) is 41.3 Å². The van der Waals surface area contributed by atoms with Gasteiger partial charge in [0.05, 0.1) is 17.1 Å². The second-order valence-electron chi connectivity index (χ2n) is 15.0. The first-order valence-electron chi connectivity index (χ1n) is 15.6. The summed E-state index contributed by atoms with van der Waals surface area (Å²) in [7, 11) is 1.90. The number of benzene rings is 1. The number of aryl methyl sites for hydroxylation is 1. The Bertz CT molecular complexity index is 1340. The molecule has 0 spiro atoms. The Morgan fingerprint density at radius 1 is 0.667 bits per heavy atom. The smallest absolute Gasteiger partial charge is 0.159 e. The van der Waals surface area contributed by atoms with E-state index in [1.54, 1.807) is 16.8 Å². The third-order valence-corrected chi connectivity index (χ3v) is 12.1. The lowest BCUT2D eigenvalue weighted by atomic mass is 9.47. The van der Waals surface area contributed by atoms with Crippen molar-refractivity contribution in [1.82, 2.24) is 19.7 Å². The molecule has 0 aliphatic heterocycles. The van der Waals surface area contributed by atoms with Crippen molar-refractivity contribution in [2.75, 3.05) is 0 Å². The average Bonchev–Trinajstić information content (AvgIpc) is 3.33. The zero-order chi connectivity index (χ0) is 25.9. The third-order valence-electron chi connectivity index (χ3n) is 12.1. The van der Waals surface area contributed by atoms with Gasteiger partial charge in [-0.25, -0.2) is 14.4 Å². The van der Waals surface area contributed by atoms with Crippen LogP contribution in [0.25, 0.3) is 22.6 Å². The van der Waals surface area contributed by atoms with Gasteiger partial charge >= 0.3 is 0 Å². The van der Waals surface area contributed by atoms with Gasteiger partial charge in [-0.3, -0.25) is 4.68 Å². The van der Waals surface area contributed by atoms with Crippen LogP contribution >= 0.6 is 0 Å². The summed E-state index contributed by atoms with van der Waals surface area (Å²) < 4.78 is 16.9. The van der Waals surface area contributed by atoms with Crippen molar-refractivity contribution in [2.45, 2.75) is 87.9 Å². The molecule has 0 atom stereocenters. The monoisotopic (exact) mass is 522 g/mol. The molecule has 8 aliphatic carbocycles. The van der Waals surface area contributed by atoms with Gasteiger partial charge in [-0.05, 0) is 143 Å². The van der Waals surface area contributed by atoms with E-state index in [1.807, 2.05) is 19.3 Å². The molecule has 202 valence electrons. The van der Waals surface area contributed by atoms with E-state index in [0.29, 0.717) is 0 Å². The standard InChI is InChI=1S/C34H39FN4/c1-39-3-2-29(38-39)26-10-27(12-28(35)11-26)32-36-30(33-14-20-4-21(15-33)6-22(5-20)16-33)13-31(37-32)34-17-23-7-24(18-34)9-25(8-23)19-34/h2-3,10-13,20-25H,4-9,14-19H2,1H3. The lowest BCUT2D eigenvalue weighted by molar-refractivity contribution is -0.0110. The maximum Gasteiger partial charge on any atom is 0.159 e. The molecule has 0 radical (unpaired) electrons. The molecule has 39 heavy (non-hydrogen) atoms. The minimum absolute atomic E-state index is 0.195. The Labute approximate surface area is 230 Å². The van der Waals surface area contributed by atoms with Crippen LogP contribution in [0.1, 0.15) is 88.4 Å². The molecule has 2 aromatic heterocycles. The van der Waals surface area contributed by atoms with Gasteiger partial charge in [0.15, 0.2) is 5.82 Å². The van der Waals surface area contributed by atoms with Gasteiger partial charge in [-0.1, -0.05) is 0 Å². The summed E-state index contributed by atoms with van der Waals surface area (Å²) in [6.45, 7) is 0. The van der Waals surface area contributed by atoms with Crippen molar-refractivity contribution in [3.8, 4) is 22.6 Å². The summed E-state index contributed by atoms with van der Waals surface area (Å²) in [4.78, 5) is 10.8. The van der Waals surface area contributed by atoms with Gasteiger partial charge in [-0.15, -0.1) is 0 Å². The first kappa shape index (κ1) is 23.2. The zero-order valence-electron chi connectivity index (χ0n) is 23.1. The Hall–Kier alpha value is -2.56. The molecule has 0 N–H and O–H groups in total. The molecule has 0 unspecified atom stereocenters. The van der Waals surface area contributed by atoms with Gasteiger partial charge in [0.1, 0.15) is 5.82 Å². The highest BCUT2D eigenvalue weighted by Crippen LogP contribution is 2.63. The number of nitrogens with zero attached hydrogens (tertiary/aromatic N) is 4. The van der Waals surface area contributed by atoms with Gasteiger partial charge in [-0.2, -0.15) is 5.10 Å². The SMILES string of the molecule is Cn1ccc(-c2cc(F)cc(-c3nc(C45CC6CC(CC(C6)C4)C5)cc(C45CC6CC(CC(C6)C4)C5)n3)c2)n1. The van der Waals surface area contributed by atoms with Crippen molar-refractivity contribution in [1.29, 1.82) is 0 Å². The van der Waals surface area contributed by atoms with E-state index in [2.05, 4.69) is 17.2 Å². The summed E-state index contributed by atoms with van der Waals surface area (Å²) in [5.74, 6) is 5.68. The minimum Gasteiger partial charge on any atom is -0.275 e.